The summed E-state index contributed by atoms with van der Waals surface area (Å²) in [7, 11) is 0. The normalized spacial score (nSPS) is 26.5. The van der Waals surface area contributed by atoms with Crippen molar-refractivity contribution in [3.05, 3.63) is 30.3 Å². The van der Waals surface area contributed by atoms with Crippen LogP contribution in [0.1, 0.15) is 27.2 Å². The number of para-hydroxylation sites is 1. The van der Waals surface area contributed by atoms with Gasteiger partial charge in [-0.2, -0.15) is 0 Å². The van der Waals surface area contributed by atoms with Crippen LogP contribution in [-0.2, 0) is 14.3 Å². The molecule has 1 aliphatic carbocycles. The summed E-state index contributed by atoms with van der Waals surface area (Å²) >= 11 is 0. The Bertz CT molecular complexity index is 701. The van der Waals surface area contributed by atoms with E-state index in [0.29, 0.717) is 26.1 Å². The minimum Gasteiger partial charge on any atom is -0.378 e. The monoisotopic (exact) mass is 388 g/mol. The van der Waals surface area contributed by atoms with Crippen molar-refractivity contribution in [1.29, 1.82) is 0 Å². The highest BCUT2D eigenvalue weighted by atomic mass is 16.5. The zero-order chi connectivity index (χ0) is 20.4. The van der Waals surface area contributed by atoms with Gasteiger partial charge >= 0.3 is 0 Å². The Labute approximate surface area is 167 Å². The number of anilines is 1. The van der Waals surface area contributed by atoms with E-state index in [1.807, 2.05) is 39.0 Å². The number of nitrogens with zero attached hydrogens (tertiary/aromatic N) is 2. The molecule has 1 saturated heterocycles. The van der Waals surface area contributed by atoms with Crippen molar-refractivity contribution in [3.63, 3.8) is 0 Å². The Morgan fingerprint density at radius 3 is 2.39 bits per heavy atom. The summed E-state index contributed by atoms with van der Waals surface area (Å²) in [5.74, 6) is -0.340. The van der Waals surface area contributed by atoms with Crippen molar-refractivity contribution < 1.29 is 14.3 Å². The van der Waals surface area contributed by atoms with Gasteiger partial charge in [-0.15, -0.1) is 0 Å². The summed E-state index contributed by atoms with van der Waals surface area (Å²) in [4.78, 5) is 29.3. The van der Waals surface area contributed by atoms with E-state index < -0.39 is 11.0 Å². The number of hydrogen-bond donors (Lipinski definition) is 2. The summed E-state index contributed by atoms with van der Waals surface area (Å²) in [5.41, 5.74) is 6.08. The highest BCUT2D eigenvalue weighted by molar-refractivity contribution is 5.92. The van der Waals surface area contributed by atoms with Gasteiger partial charge < -0.3 is 25.6 Å². The number of carbonyl (C=O) groups is 2. The Kier molecular flexibility index (Phi) is 5.95. The van der Waals surface area contributed by atoms with Crippen LogP contribution in [0.4, 0.5) is 5.69 Å². The first-order chi connectivity index (χ1) is 13.3. The highest BCUT2D eigenvalue weighted by Gasteiger charge is 2.62. The second kappa shape index (κ2) is 8.09. The van der Waals surface area contributed by atoms with Gasteiger partial charge in [0.25, 0.3) is 0 Å². The second-order valence-corrected chi connectivity index (χ2v) is 8.23. The van der Waals surface area contributed by atoms with Gasteiger partial charge in [0, 0.05) is 50.3 Å². The van der Waals surface area contributed by atoms with Crippen molar-refractivity contribution in [3.8, 4) is 0 Å². The summed E-state index contributed by atoms with van der Waals surface area (Å²) in [6, 6.07) is 10.2. The zero-order valence-electron chi connectivity index (χ0n) is 17.1. The van der Waals surface area contributed by atoms with Gasteiger partial charge in [0.15, 0.2) is 0 Å². The second-order valence-electron chi connectivity index (χ2n) is 8.23. The van der Waals surface area contributed by atoms with Gasteiger partial charge in [0.1, 0.15) is 5.54 Å². The lowest BCUT2D eigenvalue weighted by atomic mass is 9.54. The maximum Gasteiger partial charge on any atom is 0.242 e. The molecule has 28 heavy (non-hydrogen) atoms. The molecular formula is C21H32N4O3. The van der Waals surface area contributed by atoms with Gasteiger partial charge in [-0.1, -0.05) is 32.0 Å². The molecule has 0 spiro atoms. The Morgan fingerprint density at radius 2 is 1.82 bits per heavy atom. The Morgan fingerprint density at radius 1 is 1.18 bits per heavy atom. The molecule has 2 aliphatic rings. The molecule has 7 heteroatoms. The lowest BCUT2D eigenvalue weighted by molar-refractivity contribution is -0.171. The van der Waals surface area contributed by atoms with Gasteiger partial charge in [0.05, 0.1) is 12.6 Å². The van der Waals surface area contributed by atoms with Crippen LogP contribution in [0.2, 0.25) is 0 Å². The Hall–Kier alpha value is -2.12. The van der Waals surface area contributed by atoms with Gasteiger partial charge in [-0.25, -0.2) is 0 Å². The fraction of sp³-hybridized carbons (Fsp3) is 0.619. The number of rotatable bonds is 6. The van der Waals surface area contributed by atoms with Crippen LogP contribution in [0.3, 0.4) is 0 Å². The lowest BCUT2D eigenvalue weighted by Crippen LogP contribution is -2.76. The molecule has 2 atom stereocenters. The number of nitrogens with one attached hydrogen (secondary N) is 1. The molecule has 2 unspecified atom stereocenters. The molecule has 0 bridgehead atoms. The molecule has 1 saturated carbocycles. The van der Waals surface area contributed by atoms with Crippen molar-refractivity contribution >= 4 is 17.5 Å². The third-order valence-corrected chi connectivity index (χ3v) is 6.39. The Balaban J connectivity index is 1.47. The first-order valence-corrected chi connectivity index (χ1v) is 10.1. The standard InChI is InChI=1S/C21H32N4O3/c1-4-28-17-14-21(22,20(17,2)3)19(27)23-15-18(26)25-12-10-24(11-13-25)16-8-6-5-7-9-16/h5-9,17H,4,10-15,22H2,1-3H3,(H,23,27). The quantitative estimate of drug-likeness (QED) is 0.759. The van der Waals surface area contributed by atoms with E-state index in [-0.39, 0.29) is 24.5 Å². The molecule has 0 aromatic heterocycles. The molecule has 0 radical (unpaired) electrons. The maximum absolute atomic E-state index is 12.7. The molecule has 1 aliphatic heterocycles. The molecule has 2 fully saturated rings. The molecule has 2 amide bonds. The van der Waals surface area contributed by atoms with E-state index in [1.165, 1.54) is 5.69 Å². The number of amides is 2. The summed E-state index contributed by atoms with van der Waals surface area (Å²) in [6.07, 6.45) is 0.443. The van der Waals surface area contributed by atoms with E-state index in [9.17, 15) is 9.59 Å². The topological polar surface area (TPSA) is 87.9 Å². The van der Waals surface area contributed by atoms with E-state index in [0.717, 1.165) is 13.1 Å². The van der Waals surface area contributed by atoms with Crippen molar-refractivity contribution in [2.75, 3.05) is 44.2 Å². The van der Waals surface area contributed by atoms with E-state index in [2.05, 4.69) is 22.3 Å². The number of piperazine rings is 1. The fourth-order valence-electron chi connectivity index (χ4n) is 4.10. The van der Waals surface area contributed by atoms with Crippen LogP contribution in [0, 0.1) is 5.41 Å². The number of carbonyl (C=O) groups excluding carboxylic acids is 2. The summed E-state index contributed by atoms with van der Waals surface area (Å²) in [5, 5.41) is 2.76. The van der Waals surface area contributed by atoms with Gasteiger partial charge in [0.2, 0.25) is 11.8 Å². The van der Waals surface area contributed by atoms with Crippen molar-refractivity contribution in [1.82, 2.24) is 10.2 Å². The van der Waals surface area contributed by atoms with Crippen LogP contribution < -0.4 is 16.0 Å². The third kappa shape index (κ3) is 3.73. The number of nitrogens with two attached hydrogens (primary N) is 1. The van der Waals surface area contributed by atoms with E-state index in [4.69, 9.17) is 10.5 Å². The maximum atomic E-state index is 12.7. The molecule has 3 rings (SSSR count). The number of ether oxygens (including phenoxy) is 1. The smallest absolute Gasteiger partial charge is 0.242 e. The third-order valence-electron chi connectivity index (χ3n) is 6.39. The average molecular weight is 389 g/mol. The molecule has 3 N–H and O–H groups in total. The molecule has 1 aromatic carbocycles. The molecule has 1 aromatic rings. The average Bonchev–Trinajstić information content (AvgIpc) is 2.72. The van der Waals surface area contributed by atoms with Crippen LogP contribution in [0.15, 0.2) is 30.3 Å². The fourth-order valence-corrected chi connectivity index (χ4v) is 4.10. The van der Waals surface area contributed by atoms with Crippen LogP contribution in [-0.4, -0.2) is 67.7 Å². The van der Waals surface area contributed by atoms with Crippen LogP contribution >= 0.6 is 0 Å². The van der Waals surface area contributed by atoms with E-state index in [1.54, 1.807) is 4.90 Å². The number of hydrogen-bond acceptors (Lipinski definition) is 5. The molecule has 7 nitrogen and oxygen atoms in total. The summed E-state index contributed by atoms with van der Waals surface area (Å²) < 4.78 is 5.67. The first-order valence-electron chi connectivity index (χ1n) is 10.1. The van der Waals surface area contributed by atoms with Gasteiger partial charge in [-0.3, -0.25) is 9.59 Å². The predicted octanol–water partition coefficient (Wildman–Crippen LogP) is 0.984. The number of benzene rings is 1. The minimum atomic E-state index is -1.00. The SMILES string of the molecule is CCOC1CC(N)(C(=O)NCC(=O)N2CCN(c3ccccc3)CC2)C1(C)C. The first kappa shape index (κ1) is 20.6. The van der Waals surface area contributed by atoms with Gasteiger partial charge in [-0.05, 0) is 19.1 Å². The van der Waals surface area contributed by atoms with E-state index >= 15 is 0 Å². The minimum absolute atomic E-state index is 0.0154. The largest absolute Gasteiger partial charge is 0.378 e. The lowest BCUT2D eigenvalue weighted by Gasteiger charge is -2.57. The van der Waals surface area contributed by atoms with Crippen LogP contribution in [0.5, 0.6) is 0 Å². The predicted molar refractivity (Wildman–Crippen MR) is 109 cm³/mol. The molecule has 154 valence electrons. The van der Waals surface area contributed by atoms with Crippen molar-refractivity contribution in [2.45, 2.75) is 38.8 Å². The molecular weight excluding hydrogens is 356 g/mol. The molecule has 1 heterocycles. The highest BCUT2D eigenvalue weighted by Crippen LogP contribution is 2.49. The summed E-state index contributed by atoms with van der Waals surface area (Å²) in [6.45, 7) is 9.27. The van der Waals surface area contributed by atoms with Crippen molar-refractivity contribution in [2.24, 2.45) is 11.1 Å². The zero-order valence-corrected chi connectivity index (χ0v) is 17.1. The van der Waals surface area contributed by atoms with Crippen LogP contribution in [0.25, 0.3) is 0 Å².